The average molecular weight is 394 g/mol. The number of aromatic nitrogens is 1. The maximum absolute atomic E-state index is 12.9. The Morgan fingerprint density at radius 3 is 2.35 bits per heavy atom. The van der Waals surface area contributed by atoms with Crippen LogP contribution in [0.25, 0.3) is 10.9 Å². The molecule has 0 fully saturated rings. The molecule has 3 aromatic rings. The Morgan fingerprint density at radius 1 is 1.09 bits per heavy atom. The monoisotopic (exact) mass is 393 g/mol. The highest BCUT2D eigenvalue weighted by atomic mass is 79.9. The summed E-state index contributed by atoms with van der Waals surface area (Å²) in [6, 6.07) is 11.5. The quantitative estimate of drug-likeness (QED) is 0.663. The minimum Gasteiger partial charge on any atom is -0.423 e. The van der Waals surface area contributed by atoms with Gasteiger partial charge in [-0.15, -0.1) is 0 Å². The Hall–Kier alpha value is -1.61. The molecule has 0 spiro atoms. The van der Waals surface area contributed by atoms with Gasteiger partial charge < -0.3 is 10.0 Å². The highest BCUT2D eigenvalue weighted by Gasteiger charge is 2.25. The predicted molar refractivity (Wildman–Crippen MR) is 93.2 cm³/mol. The van der Waals surface area contributed by atoms with Crippen LogP contribution in [-0.2, 0) is 10.0 Å². The van der Waals surface area contributed by atoms with E-state index in [0.717, 1.165) is 9.54 Å². The highest BCUT2D eigenvalue weighted by Crippen LogP contribution is 2.24. The van der Waals surface area contributed by atoms with E-state index in [0.29, 0.717) is 15.4 Å². The topological polar surface area (TPSA) is 79.5 Å². The van der Waals surface area contributed by atoms with E-state index < -0.39 is 17.1 Å². The summed E-state index contributed by atoms with van der Waals surface area (Å²) in [5.41, 5.74) is 1.47. The summed E-state index contributed by atoms with van der Waals surface area (Å²) >= 11 is 3.31. The molecule has 8 heteroatoms. The number of nitrogens with zero attached hydrogens (tertiary/aromatic N) is 1. The highest BCUT2D eigenvalue weighted by molar-refractivity contribution is 9.10. The van der Waals surface area contributed by atoms with Crippen LogP contribution in [0.1, 0.15) is 5.56 Å². The third-order valence-corrected chi connectivity index (χ3v) is 5.80. The summed E-state index contributed by atoms with van der Waals surface area (Å²) in [6.45, 7) is 1.87. The molecule has 23 heavy (non-hydrogen) atoms. The molecule has 1 heterocycles. The molecule has 0 atom stereocenters. The van der Waals surface area contributed by atoms with Gasteiger partial charge in [0.25, 0.3) is 10.0 Å². The lowest BCUT2D eigenvalue weighted by Crippen LogP contribution is -2.29. The van der Waals surface area contributed by atoms with E-state index in [4.69, 9.17) is 0 Å². The van der Waals surface area contributed by atoms with Gasteiger partial charge in [0.15, 0.2) is 0 Å². The number of halogens is 1. The third-order valence-electron chi connectivity index (χ3n) is 3.62. The number of rotatable bonds is 3. The standard InChI is InChI=1S/C15H13BBrNO4S/c1-10-2-5-12(6-3-10)23(21,22)18-9-14(16(19)20)13-7-4-11(17)8-15(13)18/h2-9,19-20H,1H3. The average Bonchev–Trinajstić information content (AvgIpc) is 2.87. The Bertz CT molecular complexity index is 981. The van der Waals surface area contributed by atoms with Crippen LogP contribution in [0.3, 0.4) is 0 Å². The van der Waals surface area contributed by atoms with Gasteiger partial charge in [-0.2, -0.15) is 0 Å². The molecule has 0 aliphatic rings. The van der Waals surface area contributed by atoms with Crippen LogP contribution in [-0.4, -0.2) is 29.6 Å². The molecule has 5 nitrogen and oxygen atoms in total. The smallest absolute Gasteiger partial charge is 0.423 e. The SMILES string of the molecule is Cc1ccc(S(=O)(=O)n2cc(B(O)O)c3ccc(Br)cc32)cc1. The van der Waals surface area contributed by atoms with Crippen molar-refractivity contribution in [3.63, 3.8) is 0 Å². The summed E-state index contributed by atoms with van der Waals surface area (Å²) in [6.07, 6.45) is 1.25. The fraction of sp³-hybridized carbons (Fsp3) is 0.0667. The zero-order chi connectivity index (χ0) is 16.8. The molecule has 0 aliphatic carbocycles. The van der Waals surface area contributed by atoms with Crippen molar-refractivity contribution < 1.29 is 18.5 Å². The Labute approximate surface area is 142 Å². The van der Waals surface area contributed by atoms with Crippen molar-refractivity contribution in [2.45, 2.75) is 11.8 Å². The van der Waals surface area contributed by atoms with Crippen LogP contribution >= 0.6 is 15.9 Å². The summed E-state index contributed by atoms with van der Waals surface area (Å²) in [5.74, 6) is 0. The second kappa shape index (κ2) is 5.79. The molecule has 1 aromatic heterocycles. The molecular weight excluding hydrogens is 381 g/mol. The van der Waals surface area contributed by atoms with E-state index in [1.807, 2.05) is 6.92 Å². The van der Waals surface area contributed by atoms with Crippen LogP contribution in [0.4, 0.5) is 0 Å². The van der Waals surface area contributed by atoms with Gasteiger partial charge in [0.05, 0.1) is 10.4 Å². The van der Waals surface area contributed by atoms with E-state index in [9.17, 15) is 18.5 Å². The van der Waals surface area contributed by atoms with Gasteiger partial charge in [0, 0.05) is 21.5 Å². The first-order valence-electron chi connectivity index (χ1n) is 6.79. The Morgan fingerprint density at radius 2 is 1.74 bits per heavy atom. The fourth-order valence-electron chi connectivity index (χ4n) is 2.43. The summed E-state index contributed by atoms with van der Waals surface area (Å²) in [7, 11) is -5.59. The molecule has 2 aromatic carbocycles. The number of aryl methyl sites for hydroxylation is 1. The summed E-state index contributed by atoms with van der Waals surface area (Å²) in [4.78, 5) is 0.138. The Balaban J connectivity index is 2.30. The van der Waals surface area contributed by atoms with E-state index in [1.54, 1.807) is 30.3 Å². The van der Waals surface area contributed by atoms with Crippen LogP contribution in [0.15, 0.2) is 58.0 Å². The van der Waals surface area contributed by atoms with E-state index >= 15 is 0 Å². The Kier molecular flexibility index (Phi) is 4.09. The van der Waals surface area contributed by atoms with Gasteiger partial charge in [0.2, 0.25) is 0 Å². The predicted octanol–water partition coefficient (Wildman–Crippen LogP) is 1.63. The number of benzene rings is 2. The number of hydrogen-bond donors (Lipinski definition) is 2. The first kappa shape index (κ1) is 16.3. The molecule has 118 valence electrons. The van der Waals surface area contributed by atoms with E-state index in [-0.39, 0.29) is 10.4 Å². The first-order valence-corrected chi connectivity index (χ1v) is 9.03. The van der Waals surface area contributed by atoms with Crippen LogP contribution in [0.5, 0.6) is 0 Å². The van der Waals surface area contributed by atoms with Crippen LogP contribution < -0.4 is 5.46 Å². The van der Waals surface area contributed by atoms with Crippen molar-refractivity contribution in [2.75, 3.05) is 0 Å². The van der Waals surface area contributed by atoms with Crippen molar-refractivity contribution in [1.82, 2.24) is 3.97 Å². The van der Waals surface area contributed by atoms with Gasteiger partial charge in [-0.05, 0) is 31.2 Å². The minimum absolute atomic E-state index is 0.138. The second-order valence-corrected chi connectivity index (χ2v) is 7.96. The lowest BCUT2D eigenvalue weighted by molar-refractivity contribution is 0.426. The molecule has 3 rings (SSSR count). The van der Waals surface area contributed by atoms with Crippen molar-refractivity contribution in [3.05, 3.63) is 58.7 Å². The van der Waals surface area contributed by atoms with Gasteiger partial charge in [-0.3, -0.25) is 0 Å². The van der Waals surface area contributed by atoms with Gasteiger partial charge in [-0.25, -0.2) is 12.4 Å². The van der Waals surface area contributed by atoms with Crippen molar-refractivity contribution in [3.8, 4) is 0 Å². The molecule has 2 N–H and O–H groups in total. The molecule has 0 unspecified atom stereocenters. The molecule has 0 bridgehead atoms. The van der Waals surface area contributed by atoms with Crippen molar-refractivity contribution in [1.29, 1.82) is 0 Å². The van der Waals surface area contributed by atoms with Gasteiger partial charge >= 0.3 is 7.12 Å². The number of fused-ring (bicyclic) bond motifs is 1. The maximum atomic E-state index is 12.9. The lowest BCUT2D eigenvalue weighted by Gasteiger charge is -2.08. The van der Waals surface area contributed by atoms with E-state index in [1.165, 1.54) is 18.3 Å². The molecule has 0 radical (unpaired) electrons. The van der Waals surface area contributed by atoms with Gasteiger partial charge in [0.1, 0.15) is 0 Å². The van der Waals surface area contributed by atoms with E-state index in [2.05, 4.69) is 15.9 Å². The van der Waals surface area contributed by atoms with Crippen LogP contribution in [0, 0.1) is 6.92 Å². The number of hydrogen-bond acceptors (Lipinski definition) is 4. The largest absolute Gasteiger partial charge is 0.490 e. The summed E-state index contributed by atoms with van der Waals surface area (Å²) in [5, 5.41) is 19.5. The van der Waals surface area contributed by atoms with Crippen molar-refractivity contribution >= 4 is 49.4 Å². The second-order valence-electron chi connectivity index (χ2n) is 5.23. The minimum atomic E-state index is -3.84. The van der Waals surface area contributed by atoms with Gasteiger partial charge in [-0.1, -0.05) is 39.7 Å². The lowest BCUT2D eigenvalue weighted by atomic mass is 9.80. The molecule has 0 saturated carbocycles. The molecule has 0 aliphatic heterocycles. The maximum Gasteiger partial charge on any atom is 0.490 e. The zero-order valence-corrected chi connectivity index (χ0v) is 14.5. The molecular formula is C15H13BBrNO4S. The third kappa shape index (κ3) is 2.83. The normalized spacial score (nSPS) is 11.8. The zero-order valence-electron chi connectivity index (χ0n) is 12.1. The molecule has 0 amide bonds. The summed E-state index contributed by atoms with van der Waals surface area (Å²) < 4.78 is 27.6. The van der Waals surface area contributed by atoms with Crippen LogP contribution in [0.2, 0.25) is 0 Å². The van der Waals surface area contributed by atoms with Crippen molar-refractivity contribution in [2.24, 2.45) is 0 Å². The fourth-order valence-corrected chi connectivity index (χ4v) is 4.14. The molecule has 0 saturated heterocycles. The first-order chi connectivity index (χ1) is 10.8.